The third kappa shape index (κ3) is 4.99. The Kier molecular flexibility index (Phi) is 6.26. The number of hydrogen-bond donors (Lipinski definition) is 1. The largest absolute Gasteiger partial charge is 0.492 e. The first-order valence-electron chi connectivity index (χ1n) is 10.9. The van der Waals surface area contributed by atoms with E-state index in [0.29, 0.717) is 25.3 Å². The van der Waals surface area contributed by atoms with Crippen LogP contribution in [0.1, 0.15) is 42.5 Å². The molecule has 0 unspecified atom stereocenters. The van der Waals surface area contributed by atoms with E-state index in [4.69, 9.17) is 9.72 Å². The van der Waals surface area contributed by atoms with Crippen LogP contribution in [0, 0.1) is 0 Å². The number of carbonyl (C=O) groups excluding carboxylic acids is 1. The maximum absolute atomic E-state index is 12.5. The number of amides is 1. The lowest BCUT2D eigenvalue weighted by atomic mass is 9.87. The molecule has 5 heteroatoms. The van der Waals surface area contributed by atoms with Gasteiger partial charge in [0.25, 0.3) is 5.91 Å². The van der Waals surface area contributed by atoms with Crippen molar-refractivity contribution in [3.8, 4) is 5.75 Å². The van der Waals surface area contributed by atoms with Crippen molar-refractivity contribution < 1.29 is 9.53 Å². The van der Waals surface area contributed by atoms with Crippen LogP contribution in [0.4, 0.5) is 0 Å². The van der Waals surface area contributed by atoms with Crippen LogP contribution in [0.5, 0.6) is 5.75 Å². The summed E-state index contributed by atoms with van der Waals surface area (Å²) in [6, 6.07) is 25.5. The number of hydrogen-bond acceptors (Lipinski definition) is 3. The van der Waals surface area contributed by atoms with Crippen molar-refractivity contribution >= 4 is 16.9 Å². The fraction of sp³-hybridized carbons (Fsp3) is 0.259. The molecule has 32 heavy (non-hydrogen) atoms. The van der Waals surface area contributed by atoms with Gasteiger partial charge in [-0.05, 0) is 47.4 Å². The Morgan fingerprint density at radius 2 is 1.62 bits per heavy atom. The van der Waals surface area contributed by atoms with Gasteiger partial charge in [-0.3, -0.25) is 4.79 Å². The van der Waals surface area contributed by atoms with Gasteiger partial charge in [0.1, 0.15) is 18.2 Å². The molecule has 164 valence electrons. The number of para-hydroxylation sites is 2. The van der Waals surface area contributed by atoms with Crippen molar-refractivity contribution in [2.24, 2.45) is 0 Å². The molecule has 0 bridgehead atoms. The topological polar surface area (TPSA) is 56.1 Å². The first kappa shape index (κ1) is 21.6. The molecule has 4 rings (SSSR count). The Labute approximate surface area is 189 Å². The van der Waals surface area contributed by atoms with Crippen LogP contribution in [0.25, 0.3) is 11.0 Å². The molecular formula is C27H29N3O2. The van der Waals surface area contributed by atoms with Crippen molar-refractivity contribution in [3.63, 3.8) is 0 Å². The number of ether oxygens (including phenoxy) is 1. The number of carbonyl (C=O) groups is 1. The highest BCUT2D eigenvalue weighted by molar-refractivity contribution is 5.94. The predicted octanol–water partition coefficient (Wildman–Crippen LogP) is 5.34. The smallest absolute Gasteiger partial charge is 0.251 e. The Bertz CT molecular complexity index is 1190. The maximum atomic E-state index is 12.5. The van der Waals surface area contributed by atoms with Crippen LogP contribution in [0.2, 0.25) is 0 Å². The van der Waals surface area contributed by atoms with E-state index in [9.17, 15) is 4.79 Å². The molecule has 1 N–H and O–H groups in total. The number of benzene rings is 3. The third-order valence-electron chi connectivity index (χ3n) is 5.48. The minimum Gasteiger partial charge on any atom is -0.492 e. The van der Waals surface area contributed by atoms with Crippen molar-refractivity contribution in [1.82, 2.24) is 14.9 Å². The average molecular weight is 428 g/mol. The lowest BCUT2D eigenvalue weighted by Crippen LogP contribution is -2.25. The van der Waals surface area contributed by atoms with Gasteiger partial charge in [-0.1, -0.05) is 63.2 Å². The molecule has 0 atom stereocenters. The van der Waals surface area contributed by atoms with E-state index in [1.165, 1.54) is 5.56 Å². The van der Waals surface area contributed by atoms with Gasteiger partial charge in [0.2, 0.25) is 0 Å². The highest BCUT2D eigenvalue weighted by Gasteiger charge is 2.14. The van der Waals surface area contributed by atoms with Gasteiger partial charge in [-0.25, -0.2) is 4.98 Å². The second kappa shape index (κ2) is 9.27. The van der Waals surface area contributed by atoms with E-state index in [1.807, 2.05) is 54.6 Å². The van der Waals surface area contributed by atoms with Crippen LogP contribution >= 0.6 is 0 Å². The first-order chi connectivity index (χ1) is 15.4. The molecule has 0 aliphatic rings. The summed E-state index contributed by atoms with van der Waals surface area (Å²) in [5.74, 6) is 1.54. The fourth-order valence-corrected chi connectivity index (χ4v) is 3.67. The highest BCUT2D eigenvalue weighted by Crippen LogP contribution is 2.24. The zero-order valence-corrected chi connectivity index (χ0v) is 18.8. The standard InChI is InChI=1S/C27H29N3O2/c1-27(2,3)21-13-15-22(16-14-21)32-18-17-30-24-12-8-7-11-23(24)29-25(30)19-28-26(31)20-9-5-4-6-10-20/h4-16H,17-19H2,1-3H3,(H,28,31). The van der Waals surface area contributed by atoms with Gasteiger partial charge in [0.15, 0.2) is 0 Å². The quantitative estimate of drug-likeness (QED) is 0.433. The SMILES string of the molecule is CC(C)(C)c1ccc(OCCn2c(CNC(=O)c3ccccc3)nc3ccccc32)cc1. The van der Waals surface area contributed by atoms with Crippen LogP contribution in [-0.4, -0.2) is 22.1 Å². The Morgan fingerprint density at radius 3 is 2.34 bits per heavy atom. The van der Waals surface area contributed by atoms with E-state index >= 15 is 0 Å². The molecule has 0 spiro atoms. The molecule has 0 aliphatic heterocycles. The number of aromatic nitrogens is 2. The molecule has 5 nitrogen and oxygen atoms in total. The van der Waals surface area contributed by atoms with Gasteiger partial charge in [0.05, 0.1) is 24.1 Å². The minimum atomic E-state index is -0.112. The molecule has 0 saturated heterocycles. The minimum absolute atomic E-state index is 0.112. The summed E-state index contributed by atoms with van der Waals surface area (Å²) < 4.78 is 8.13. The monoisotopic (exact) mass is 427 g/mol. The van der Waals surface area contributed by atoms with Crippen molar-refractivity contribution in [1.29, 1.82) is 0 Å². The molecule has 1 aromatic heterocycles. The molecule has 0 saturated carbocycles. The molecule has 0 radical (unpaired) electrons. The molecule has 0 fully saturated rings. The van der Waals surface area contributed by atoms with E-state index in [2.05, 4.69) is 42.8 Å². The fourth-order valence-electron chi connectivity index (χ4n) is 3.67. The summed E-state index contributed by atoms with van der Waals surface area (Å²) in [4.78, 5) is 17.2. The van der Waals surface area contributed by atoms with E-state index < -0.39 is 0 Å². The first-order valence-corrected chi connectivity index (χ1v) is 10.9. The summed E-state index contributed by atoms with van der Waals surface area (Å²) in [5, 5.41) is 2.98. The van der Waals surface area contributed by atoms with Crippen molar-refractivity contribution in [2.45, 2.75) is 39.3 Å². The Balaban J connectivity index is 1.45. The van der Waals surface area contributed by atoms with E-state index in [1.54, 1.807) is 12.1 Å². The van der Waals surface area contributed by atoms with Crippen molar-refractivity contribution in [3.05, 3.63) is 95.8 Å². The van der Waals surface area contributed by atoms with Crippen LogP contribution in [0.3, 0.4) is 0 Å². The number of nitrogens with zero attached hydrogens (tertiary/aromatic N) is 2. The van der Waals surface area contributed by atoms with E-state index in [-0.39, 0.29) is 11.3 Å². The Hall–Kier alpha value is -3.60. The number of fused-ring (bicyclic) bond motifs is 1. The second-order valence-corrected chi connectivity index (χ2v) is 8.84. The predicted molar refractivity (Wildman–Crippen MR) is 128 cm³/mol. The zero-order valence-electron chi connectivity index (χ0n) is 18.8. The number of rotatable bonds is 7. The van der Waals surface area contributed by atoms with Gasteiger partial charge >= 0.3 is 0 Å². The van der Waals surface area contributed by atoms with Crippen LogP contribution < -0.4 is 10.1 Å². The molecule has 1 amide bonds. The summed E-state index contributed by atoms with van der Waals surface area (Å²) in [6.07, 6.45) is 0. The van der Waals surface area contributed by atoms with Crippen LogP contribution in [-0.2, 0) is 18.5 Å². The second-order valence-electron chi connectivity index (χ2n) is 8.84. The summed E-state index contributed by atoms with van der Waals surface area (Å²) >= 11 is 0. The molecular weight excluding hydrogens is 398 g/mol. The molecule has 4 aromatic rings. The maximum Gasteiger partial charge on any atom is 0.251 e. The highest BCUT2D eigenvalue weighted by atomic mass is 16.5. The molecule has 1 heterocycles. The van der Waals surface area contributed by atoms with Gasteiger partial charge in [-0.15, -0.1) is 0 Å². The lowest BCUT2D eigenvalue weighted by molar-refractivity contribution is 0.0949. The lowest BCUT2D eigenvalue weighted by Gasteiger charge is -2.19. The van der Waals surface area contributed by atoms with Gasteiger partial charge in [-0.2, -0.15) is 0 Å². The summed E-state index contributed by atoms with van der Waals surface area (Å²) in [6.45, 7) is 8.09. The van der Waals surface area contributed by atoms with Crippen molar-refractivity contribution in [2.75, 3.05) is 6.61 Å². The molecule has 0 aliphatic carbocycles. The number of imidazole rings is 1. The van der Waals surface area contributed by atoms with E-state index in [0.717, 1.165) is 22.6 Å². The normalized spacial score (nSPS) is 11.5. The average Bonchev–Trinajstić information content (AvgIpc) is 3.15. The third-order valence-corrected chi connectivity index (χ3v) is 5.48. The summed E-state index contributed by atoms with van der Waals surface area (Å²) in [7, 11) is 0. The Morgan fingerprint density at radius 1 is 0.938 bits per heavy atom. The number of nitrogens with one attached hydrogen (secondary N) is 1. The van der Waals surface area contributed by atoms with Crippen LogP contribution in [0.15, 0.2) is 78.9 Å². The molecule has 3 aromatic carbocycles. The summed E-state index contributed by atoms with van der Waals surface area (Å²) in [5.41, 5.74) is 3.97. The van der Waals surface area contributed by atoms with Gasteiger partial charge < -0.3 is 14.6 Å². The zero-order chi connectivity index (χ0) is 22.6. The van der Waals surface area contributed by atoms with Gasteiger partial charge in [0, 0.05) is 5.56 Å².